The fourth-order valence-electron chi connectivity index (χ4n) is 3.52. The second kappa shape index (κ2) is 7.00. The molecular formula is C18H27N5O2. The minimum absolute atomic E-state index is 0.552. The summed E-state index contributed by atoms with van der Waals surface area (Å²) in [4.78, 5) is 14.2. The van der Waals surface area contributed by atoms with Crippen LogP contribution in [0.3, 0.4) is 0 Å². The van der Waals surface area contributed by atoms with Crippen LogP contribution in [0.5, 0.6) is 0 Å². The number of rotatable bonds is 6. The van der Waals surface area contributed by atoms with Gasteiger partial charge in [-0.3, -0.25) is 14.7 Å². The number of carboxylic acids is 1. The maximum absolute atomic E-state index is 12.0. The zero-order valence-electron chi connectivity index (χ0n) is 15.2. The molecule has 0 bridgehead atoms. The molecule has 0 radical (unpaired) electrons. The molecule has 2 N–H and O–H groups in total. The zero-order chi connectivity index (χ0) is 18.0. The smallest absolute Gasteiger partial charge is 0.331 e. The van der Waals surface area contributed by atoms with Gasteiger partial charge in [-0.25, -0.2) is 4.79 Å². The number of carboxylic acid groups (broad SMARTS) is 1. The lowest BCUT2D eigenvalue weighted by molar-refractivity contribution is -0.151. The molecule has 7 nitrogen and oxygen atoms in total. The summed E-state index contributed by atoms with van der Waals surface area (Å²) >= 11 is 0. The normalized spacial score (nSPS) is 17.9. The number of carbonyl (C=O) groups is 1. The molecule has 0 aliphatic carbocycles. The predicted octanol–water partition coefficient (Wildman–Crippen LogP) is 2.19. The van der Waals surface area contributed by atoms with Gasteiger partial charge in [0, 0.05) is 31.5 Å². The molecule has 1 aliphatic rings. The van der Waals surface area contributed by atoms with Crippen LogP contribution < -0.4 is 0 Å². The lowest BCUT2D eigenvalue weighted by Crippen LogP contribution is -2.51. The van der Waals surface area contributed by atoms with E-state index in [0.29, 0.717) is 18.8 Å². The molecule has 3 rings (SSSR count). The Bertz CT molecular complexity index is 725. The summed E-state index contributed by atoms with van der Waals surface area (Å²) in [5.74, 6) is -0.212. The average molecular weight is 345 g/mol. The summed E-state index contributed by atoms with van der Waals surface area (Å²) in [5.41, 5.74) is 2.24. The van der Waals surface area contributed by atoms with Gasteiger partial charge in [-0.15, -0.1) is 0 Å². The van der Waals surface area contributed by atoms with Crippen molar-refractivity contribution in [3.8, 4) is 0 Å². The number of hydrogen-bond acceptors (Lipinski definition) is 4. The lowest BCUT2D eigenvalue weighted by atomic mass is 9.87. The van der Waals surface area contributed by atoms with Crippen molar-refractivity contribution in [3.63, 3.8) is 0 Å². The van der Waals surface area contributed by atoms with Crippen molar-refractivity contribution in [1.29, 1.82) is 0 Å². The molecule has 136 valence electrons. The van der Waals surface area contributed by atoms with Crippen molar-refractivity contribution in [2.24, 2.45) is 5.92 Å². The van der Waals surface area contributed by atoms with Crippen LogP contribution in [-0.4, -0.2) is 49.0 Å². The first-order valence-corrected chi connectivity index (χ1v) is 8.90. The van der Waals surface area contributed by atoms with Crippen molar-refractivity contribution in [1.82, 2.24) is 24.9 Å². The van der Waals surface area contributed by atoms with Gasteiger partial charge in [-0.2, -0.15) is 10.2 Å². The molecule has 0 saturated carbocycles. The van der Waals surface area contributed by atoms with Gasteiger partial charge in [0.15, 0.2) is 5.54 Å². The number of aromatic nitrogens is 4. The van der Waals surface area contributed by atoms with Gasteiger partial charge >= 0.3 is 5.97 Å². The van der Waals surface area contributed by atoms with Gasteiger partial charge < -0.3 is 5.11 Å². The van der Waals surface area contributed by atoms with E-state index in [4.69, 9.17) is 0 Å². The minimum Gasteiger partial charge on any atom is -0.479 e. The largest absolute Gasteiger partial charge is 0.479 e. The molecule has 0 amide bonds. The topological polar surface area (TPSA) is 87.0 Å². The Kier molecular flexibility index (Phi) is 4.94. The third kappa shape index (κ3) is 3.76. The van der Waals surface area contributed by atoms with Crippen LogP contribution in [0.4, 0.5) is 0 Å². The van der Waals surface area contributed by atoms with Crippen LogP contribution >= 0.6 is 0 Å². The SMILES string of the molecule is Cc1cnn(C2(C(=O)O)CCN(Cc3cc(CC(C)C)n[nH]3)CC2)c1. The number of aryl methyl sites for hydroxylation is 1. The Balaban J connectivity index is 1.64. The van der Waals surface area contributed by atoms with Crippen molar-refractivity contribution in [3.05, 3.63) is 35.4 Å². The summed E-state index contributed by atoms with van der Waals surface area (Å²) in [6.45, 7) is 8.52. The van der Waals surface area contributed by atoms with Gasteiger partial charge in [0.1, 0.15) is 0 Å². The molecule has 7 heteroatoms. The Labute approximate surface area is 148 Å². The van der Waals surface area contributed by atoms with Gasteiger partial charge in [-0.05, 0) is 43.7 Å². The fraction of sp³-hybridized carbons (Fsp3) is 0.611. The molecule has 25 heavy (non-hydrogen) atoms. The van der Waals surface area contributed by atoms with E-state index < -0.39 is 11.5 Å². The number of H-pyrrole nitrogens is 1. The number of hydrogen-bond donors (Lipinski definition) is 2. The van der Waals surface area contributed by atoms with Crippen molar-refractivity contribution >= 4 is 5.97 Å². The molecule has 1 fully saturated rings. The molecule has 1 aliphatic heterocycles. The molecule has 0 aromatic carbocycles. The Morgan fingerprint density at radius 1 is 1.40 bits per heavy atom. The summed E-state index contributed by atoms with van der Waals surface area (Å²) < 4.78 is 1.64. The first kappa shape index (κ1) is 17.7. The third-order valence-corrected chi connectivity index (χ3v) is 4.93. The van der Waals surface area contributed by atoms with E-state index >= 15 is 0 Å². The lowest BCUT2D eigenvalue weighted by Gasteiger charge is -2.38. The first-order valence-electron chi connectivity index (χ1n) is 8.90. The monoisotopic (exact) mass is 345 g/mol. The molecular weight excluding hydrogens is 318 g/mol. The van der Waals surface area contributed by atoms with Gasteiger partial charge in [-0.1, -0.05) is 13.8 Å². The third-order valence-electron chi connectivity index (χ3n) is 4.93. The Hall–Kier alpha value is -2.15. The van der Waals surface area contributed by atoms with Crippen LogP contribution in [0.2, 0.25) is 0 Å². The van der Waals surface area contributed by atoms with E-state index in [2.05, 4.69) is 40.1 Å². The molecule has 2 aromatic heterocycles. The number of nitrogens with one attached hydrogen (secondary N) is 1. The van der Waals surface area contributed by atoms with E-state index in [0.717, 1.165) is 43.0 Å². The van der Waals surface area contributed by atoms with Crippen molar-refractivity contribution < 1.29 is 9.90 Å². The first-order chi connectivity index (χ1) is 11.9. The van der Waals surface area contributed by atoms with Gasteiger partial charge in [0.2, 0.25) is 0 Å². The van der Waals surface area contributed by atoms with Crippen LogP contribution in [-0.2, 0) is 23.3 Å². The quantitative estimate of drug-likeness (QED) is 0.838. The minimum atomic E-state index is -0.929. The van der Waals surface area contributed by atoms with E-state index in [9.17, 15) is 9.90 Å². The average Bonchev–Trinajstić information content (AvgIpc) is 3.17. The maximum Gasteiger partial charge on any atom is 0.331 e. The van der Waals surface area contributed by atoms with E-state index in [1.165, 1.54) is 0 Å². The number of piperidine rings is 1. The standard InChI is InChI=1S/C18H27N5O2/c1-13(2)8-15-9-16(21-20-15)12-22-6-4-18(5-7-22,17(24)25)23-11-14(3)10-19-23/h9-11,13H,4-8,12H2,1-3H3,(H,20,21)(H,24,25). The summed E-state index contributed by atoms with van der Waals surface area (Å²) in [6.07, 6.45) is 5.62. The van der Waals surface area contributed by atoms with Crippen molar-refractivity contribution in [2.45, 2.75) is 52.1 Å². The second-order valence-corrected chi connectivity index (χ2v) is 7.56. The molecule has 1 saturated heterocycles. The summed E-state index contributed by atoms with van der Waals surface area (Å²) in [7, 11) is 0. The second-order valence-electron chi connectivity index (χ2n) is 7.56. The number of nitrogens with zero attached hydrogens (tertiary/aromatic N) is 4. The Morgan fingerprint density at radius 3 is 2.68 bits per heavy atom. The summed E-state index contributed by atoms with van der Waals surface area (Å²) in [6, 6.07) is 2.12. The van der Waals surface area contributed by atoms with Crippen LogP contribution in [0.15, 0.2) is 18.5 Å². The van der Waals surface area contributed by atoms with Crippen LogP contribution in [0.1, 0.15) is 43.6 Å². The highest BCUT2D eigenvalue weighted by Gasteiger charge is 2.44. The van der Waals surface area contributed by atoms with E-state index in [1.807, 2.05) is 13.1 Å². The highest BCUT2D eigenvalue weighted by atomic mass is 16.4. The fourth-order valence-corrected chi connectivity index (χ4v) is 3.52. The van der Waals surface area contributed by atoms with E-state index in [1.54, 1.807) is 10.9 Å². The van der Waals surface area contributed by atoms with Crippen molar-refractivity contribution in [2.75, 3.05) is 13.1 Å². The highest BCUT2D eigenvalue weighted by Crippen LogP contribution is 2.31. The molecule has 0 atom stereocenters. The summed E-state index contributed by atoms with van der Waals surface area (Å²) in [5, 5.41) is 21.6. The zero-order valence-corrected chi connectivity index (χ0v) is 15.2. The van der Waals surface area contributed by atoms with Gasteiger partial charge in [0.05, 0.1) is 11.9 Å². The van der Waals surface area contributed by atoms with Crippen LogP contribution in [0, 0.1) is 12.8 Å². The number of likely N-dealkylation sites (tertiary alicyclic amines) is 1. The van der Waals surface area contributed by atoms with Crippen LogP contribution in [0.25, 0.3) is 0 Å². The van der Waals surface area contributed by atoms with Gasteiger partial charge in [0.25, 0.3) is 0 Å². The Morgan fingerprint density at radius 2 is 2.12 bits per heavy atom. The highest BCUT2D eigenvalue weighted by molar-refractivity contribution is 5.76. The number of aromatic amines is 1. The van der Waals surface area contributed by atoms with E-state index in [-0.39, 0.29) is 0 Å². The predicted molar refractivity (Wildman–Crippen MR) is 94.2 cm³/mol. The number of aliphatic carboxylic acids is 1. The molecule has 2 aromatic rings. The maximum atomic E-state index is 12.0. The molecule has 0 spiro atoms. The molecule has 3 heterocycles. The molecule has 0 unspecified atom stereocenters.